The Morgan fingerprint density at radius 2 is 1.40 bits per heavy atom. The summed E-state index contributed by atoms with van der Waals surface area (Å²) in [6.45, 7) is 18.9. The second-order valence-electron chi connectivity index (χ2n) is 18.5. The summed E-state index contributed by atoms with van der Waals surface area (Å²) in [5.41, 5.74) is 8.85. The van der Waals surface area contributed by atoms with Gasteiger partial charge >= 0.3 is 0 Å². The largest absolute Gasteiger partial charge is 0.356 e. The molecule has 1 amide bonds. The average molecular weight is 1070 g/mol. The Kier molecular flexibility index (Phi) is 18.8. The van der Waals surface area contributed by atoms with Crippen molar-refractivity contribution in [2.24, 2.45) is 17.0 Å². The maximum Gasteiger partial charge on any atom is 0.222 e. The quantitative estimate of drug-likeness (QED) is 0.0380. The van der Waals surface area contributed by atoms with Gasteiger partial charge in [0.25, 0.3) is 0 Å². The number of carbonyl (C=O) groups is 2. The van der Waals surface area contributed by atoms with E-state index in [9.17, 15) is 9.59 Å². The lowest BCUT2D eigenvalue weighted by Gasteiger charge is -2.32. The number of aryl methyl sites for hydroxylation is 4. The number of imidazole rings is 1. The van der Waals surface area contributed by atoms with E-state index in [0.717, 1.165) is 124 Å². The number of thiophene rings is 2. The lowest BCUT2D eigenvalue weighted by molar-refractivity contribution is -0.121. The molecule has 16 nitrogen and oxygen atoms in total. The standard InChI is InChI=1S/C27H34ClN7OS.C19H19ClN4OS.C7H13N3/c1-17-18(2)37-27-24(17)25(20-6-8-21(28)9-7-20)30-22(26-32-31-19(3)35(26)27)16-23(36)29-10-5-11-34-14-12-33(4)13-15-34;1-10-11(2)26-19-16(10)17(13-4-6-14(20)7-5-13)23-15(8-9-25)18(22)24(19)12(3)21;1-8-4-3-7-5-10(2)6-9-7/h6-9,22H,5,10-16H2,1-4H3,(H,29,36);4-7,9,15,21-22H,8H2,1-3H3;5-6,8H,3-4H2,1-2H3. The second kappa shape index (κ2) is 25.0. The Morgan fingerprint density at radius 1 is 0.822 bits per heavy atom. The third-order valence-corrected chi connectivity index (χ3v) is 16.0. The van der Waals surface area contributed by atoms with Gasteiger partial charge in [-0.25, -0.2) is 4.98 Å². The van der Waals surface area contributed by atoms with E-state index >= 15 is 0 Å². The van der Waals surface area contributed by atoms with Crippen molar-refractivity contribution in [1.29, 1.82) is 10.8 Å². The number of fused-ring (bicyclic) bond motifs is 4. The fourth-order valence-electron chi connectivity index (χ4n) is 8.83. The molecule has 3 aliphatic rings. The van der Waals surface area contributed by atoms with Crippen LogP contribution in [-0.2, 0) is 23.1 Å². The van der Waals surface area contributed by atoms with Gasteiger partial charge in [-0.1, -0.05) is 47.5 Å². The third kappa shape index (κ3) is 13.2. The highest BCUT2D eigenvalue weighted by Crippen LogP contribution is 2.41. The Labute approximate surface area is 446 Å². The number of anilines is 1. The van der Waals surface area contributed by atoms with Crippen molar-refractivity contribution in [3.05, 3.63) is 132 Å². The van der Waals surface area contributed by atoms with Crippen LogP contribution in [0.15, 0.2) is 71.0 Å². The lowest BCUT2D eigenvalue weighted by Crippen LogP contribution is -2.45. The Balaban J connectivity index is 0.000000187. The smallest absolute Gasteiger partial charge is 0.222 e. The molecule has 2 atom stereocenters. The number of benzene rings is 2. The average Bonchev–Trinajstić information content (AvgIpc) is 4.08. The molecule has 1 fully saturated rings. The molecule has 0 radical (unpaired) electrons. The maximum atomic E-state index is 13.1. The highest BCUT2D eigenvalue weighted by Gasteiger charge is 2.35. The number of amidine groups is 2. The highest BCUT2D eigenvalue weighted by atomic mass is 35.5. The zero-order chi connectivity index (χ0) is 52.5. The fourth-order valence-corrected chi connectivity index (χ4v) is 11.5. The molecule has 9 rings (SSSR count). The van der Waals surface area contributed by atoms with Gasteiger partial charge in [0.2, 0.25) is 5.91 Å². The molecular formula is C53H66Cl2N14O2S2. The fraction of sp³-hybridized carbons (Fsp3) is 0.415. The van der Waals surface area contributed by atoms with Crippen LogP contribution in [0.2, 0.25) is 10.0 Å². The van der Waals surface area contributed by atoms with Gasteiger partial charge in [0.1, 0.15) is 45.9 Å². The van der Waals surface area contributed by atoms with Crippen LogP contribution in [0.25, 0.3) is 5.00 Å². The molecule has 0 aliphatic carbocycles. The Morgan fingerprint density at radius 3 is 1.95 bits per heavy atom. The topological polar surface area (TPSA) is 189 Å². The van der Waals surface area contributed by atoms with Gasteiger partial charge in [-0.15, -0.1) is 32.9 Å². The van der Waals surface area contributed by atoms with Crippen molar-refractivity contribution in [3.63, 3.8) is 0 Å². The van der Waals surface area contributed by atoms with E-state index in [1.807, 2.05) is 88.4 Å². The number of likely N-dealkylation sites (N-methyl/N-ethyl adjacent to an activating group) is 2. The summed E-state index contributed by atoms with van der Waals surface area (Å²) in [7, 11) is 6.09. The predicted molar refractivity (Wildman–Crippen MR) is 299 cm³/mol. The molecular weight excluding hydrogens is 1000 g/mol. The number of hydrogen-bond donors (Lipinski definition) is 4. The van der Waals surface area contributed by atoms with Crippen molar-refractivity contribution in [2.45, 2.75) is 79.3 Å². The van der Waals surface area contributed by atoms with E-state index in [1.54, 1.807) is 46.6 Å². The van der Waals surface area contributed by atoms with Gasteiger partial charge in [-0.3, -0.25) is 35.1 Å². The van der Waals surface area contributed by atoms with E-state index in [0.29, 0.717) is 22.4 Å². The molecule has 20 heteroatoms. The van der Waals surface area contributed by atoms with Crippen LogP contribution >= 0.6 is 45.9 Å². The summed E-state index contributed by atoms with van der Waals surface area (Å²) in [6, 6.07) is 14.1. The minimum absolute atomic E-state index is 0.0204. The highest BCUT2D eigenvalue weighted by molar-refractivity contribution is 7.17. The molecule has 7 heterocycles. The van der Waals surface area contributed by atoms with E-state index in [-0.39, 0.29) is 30.4 Å². The minimum atomic E-state index is -0.627. The Hall–Kier alpha value is -5.73. The SMILES string of the molecule is CC(=N)N1C(=N)C(CC=O)N=C(c2ccc(Cl)cc2)c2c1sc(C)c2C.CNCCc1cn(C)cn1.Cc1sc2c(c1C)C(c1ccc(Cl)cc1)=NC(CC(=O)NCCCN1CCN(C)CC1)c1nnc(C)n1-2. The summed E-state index contributed by atoms with van der Waals surface area (Å²) in [6.07, 6.45) is 6.91. The van der Waals surface area contributed by atoms with E-state index < -0.39 is 12.1 Å². The molecule has 0 spiro atoms. The zero-order valence-corrected chi connectivity index (χ0v) is 46.3. The van der Waals surface area contributed by atoms with Gasteiger partial charge in [0.05, 0.1) is 29.9 Å². The number of nitrogens with zero attached hydrogens (tertiary/aromatic N) is 10. The molecule has 0 saturated carbocycles. The van der Waals surface area contributed by atoms with E-state index in [2.05, 4.69) is 61.1 Å². The molecule has 6 aromatic rings. The maximum absolute atomic E-state index is 13.1. The monoisotopic (exact) mass is 1060 g/mol. The lowest BCUT2D eigenvalue weighted by atomic mass is 9.99. The number of hydrogen-bond acceptors (Lipinski definition) is 14. The first-order valence-electron chi connectivity index (χ1n) is 24.5. The van der Waals surface area contributed by atoms with Crippen LogP contribution in [0.4, 0.5) is 5.00 Å². The van der Waals surface area contributed by atoms with Crippen molar-refractivity contribution >= 4 is 86.2 Å². The van der Waals surface area contributed by atoms with Crippen LogP contribution in [0, 0.1) is 45.4 Å². The number of aromatic nitrogens is 5. The molecule has 73 heavy (non-hydrogen) atoms. The van der Waals surface area contributed by atoms with Gasteiger partial charge in [0, 0.05) is 107 Å². The molecule has 1 saturated heterocycles. The summed E-state index contributed by atoms with van der Waals surface area (Å²) in [5.74, 6) is 1.86. The van der Waals surface area contributed by atoms with Gasteiger partial charge in [-0.05, 0) is 104 Å². The van der Waals surface area contributed by atoms with Crippen molar-refractivity contribution in [1.82, 2.24) is 44.7 Å². The van der Waals surface area contributed by atoms with Gasteiger partial charge in [-0.2, -0.15) is 0 Å². The predicted octanol–water partition coefficient (Wildman–Crippen LogP) is 8.73. The number of aldehydes is 1. The first-order valence-corrected chi connectivity index (χ1v) is 26.8. The number of carbonyl (C=O) groups excluding carboxylic acids is 2. The molecule has 0 bridgehead atoms. The van der Waals surface area contributed by atoms with Crippen LogP contribution in [0.5, 0.6) is 0 Å². The Bertz CT molecular complexity index is 2980. The van der Waals surface area contributed by atoms with Crippen LogP contribution in [0.3, 0.4) is 0 Å². The number of amides is 1. The van der Waals surface area contributed by atoms with Gasteiger partial charge in [0.15, 0.2) is 5.82 Å². The molecule has 2 aromatic carbocycles. The summed E-state index contributed by atoms with van der Waals surface area (Å²) >= 11 is 15.5. The normalized spacial score (nSPS) is 16.6. The number of piperazine rings is 1. The number of nitrogens with one attached hydrogen (secondary N) is 4. The van der Waals surface area contributed by atoms with Crippen molar-refractivity contribution in [2.75, 3.05) is 64.8 Å². The zero-order valence-electron chi connectivity index (χ0n) is 43.1. The number of halogens is 2. The van der Waals surface area contributed by atoms with Crippen molar-refractivity contribution in [3.8, 4) is 5.00 Å². The summed E-state index contributed by atoms with van der Waals surface area (Å²) in [4.78, 5) is 47.1. The van der Waals surface area contributed by atoms with Crippen LogP contribution in [0.1, 0.15) is 92.7 Å². The molecule has 386 valence electrons. The molecule has 2 unspecified atom stereocenters. The second-order valence-corrected chi connectivity index (χ2v) is 21.8. The van der Waals surface area contributed by atoms with Gasteiger partial charge < -0.3 is 29.8 Å². The minimum Gasteiger partial charge on any atom is -0.356 e. The van der Waals surface area contributed by atoms with Crippen LogP contribution < -0.4 is 15.5 Å². The van der Waals surface area contributed by atoms with E-state index in [4.69, 9.17) is 44.0 Å². The third-order valence-electron chi connectivity index (χ3n) is 13.1. The summed E-state index contributed by atoms with van der Waals surface area (Å²) < 4.78 is 4.04. The number of rotatable bonds is 13. The first-order chi connectivity index (χ1) is 35.0. The number of aliphatic imine (C=N–C) groups is 2. The molecule has 4 aromatic heterocycles. The van der Waals surface area contributed by atoms with Crippen LogP contribution in [-0.4, -0.2) is 135 Å². The molecule has 4 N–H and O–H groups in total. The molecule has 3 aliphatic heterocycles. The van der Waals surface area contributed by atoms with Crippen molar-refractivity contribution < 1.29 is 9.59 Å². The first kappa shape index (κ1) is 55.0. The summed E-state index contributed by atoms with van der Waals surface area (Å²) in [5, 5.41) is 35.0. The van der Waals surface area contributed by atoms with E-state index in [1.165, 1.54) is 10.4 Å².